The van der Waals surface area contributed by atoms with E-state index in [1.807, 2.05) is 6.92 Å². The van der Waals surface area contributed by atoms with Crippen molar-refractivity contribution in [2.24, 2.45) is 0 Å². The summed E-state index contributed by atoms with van der Waals surface area (Å²) >= 11 is 0. The van der Waals surface area contributed by atoms with Gasteiger partial charge in [0.15, 0.2) is 0 Å². The highest BCUT2D eigenvalue weighted by Gasteiger charge is 2.14. The fourth-order valence-electron chi connectivity index (χ4n) is 1.49. The molecule has 1 aromatic carbocycles. The molecule has 0 saturated carbocycles. The molecule has 0 radical (unpaired) electrons. The van der Waals surface area contributed by atoms with Crippen LogP contribution in [0.1, 0.15) is 6.92 Å². The molecule has 1 N–H and O–H groups in total. The van der Waals surface area contributed by atoms with Crippen LogP contribution in [0.4, 0.5) is 17.2 Å². The molecule has 7 heteroatoms. The van der Waals surface area contributed by atoms with E-state index in [4.69, 9.17) is 4.74 Å². The van der Waals surface area contributed by atoms with Gasteiger partial charge in [0.1, 0.15) is 18.3 Å². The summed E-state index contributed by atoms with van der Waals surface area (Å²) in [6, 6.07) is 7.07. The quantitative estimate of drug-likeness (QED) is 0.656. The molecule has 2 rings (SSSR count). The minimum Gasteiger partial charge on any atom is -0.494 e. The summed E-state index contributed by atoms with van der Waals surface area (Å²) in [5.74, 6) is 0.898. The molecule has 0 spiro atoms. The highest BCUT2D eigenvalue weighted by atomic mass is 16.6. The molecular weight excluding hydrogens is 248 g/mol. The first-order valence-electron chi connectivity index (χ1n) is 5.65. The van der Waals surface area contributed by atoms with Crippen molar-refractivity contribution in [3.63, 3.8) is 0 Å². The van der Waals surface area contributed by atoms with Crippen LogP contribution in [0.5, 0.6) is 5.75 Å². The van der Waals surface area contributed by atoms with E-state index < -0.39 is 4.92 Å². The van der Waals surface area contributed by atoms with Gasteiger partial charge in [0, 0.05) is 5.69 Å². The summed E-state index contributed by atoms with van der Waals surface area (Å²) in [6.45, 7) is 2.49. The molecule has 98 valence electrons. The van der Waals surface area contributed by atoms with E-state index in [0.717, 1.165) is 11.9 Å². The number of nitrogens with one attached hydrogen (secondary N) is 1. The Morgan fingerprint density at radius 1 is 1.37 bits per heavy atom. The Kier molecular flexibility index (Phi) is 3.87. The molecule has 7 nitrogen and oxygen atoms in total. The van der Waals surface area contributed by atoms with Crippen molar-refractivity contribution >= 4 is 17.2 Å². The summed E-state index contributed by atoms with van der Waals surface area (Å²) in [6.07, 6.45) is 2.41. The van der Waals surface area contributed by atoms with Crippen molar-refractivity contribution in [2.45, 2.75) is 6.92 Å². The molecule has 0 saturated heterocycles. The van der Waals surface area contributed by atoms with Crippen LogP contribution in [0.3, 0.4) is 0 Å². The molecule has 0 aliphatic rings. The molecule has 0 aliphatic heterocycles. The molecule has 19 heavy (non-hydrogen) atoms. The summed E-state index contributed by atoms with van der Waals surface area (Å²) in [7, 11) is 0. The zero-order valence-corrected chi connectivity index (χ0v) is 10.2. The Bertz CT molecular complexity index is 571. The molecule has 0 bridgehead atoms. The summed E-state index contributed by atoms with van der Waals surface area (Å²) in [4.78, 5) is 17.8. The van der Waals surface area contributed by atoms with Crippen molar-refractivity contribution in [1.29, 1.82) is 0 Å². The lowest BCUT2D eigenvalue weighted by atomic mass is 10.3. The Morgan fingerprint density at radius 3 is 2.74 bits per heavy atom. The van der Waals surface area contributed by atoms with Crippen LogP contribution in [0, 0.1) is 10.1 Å². The van der Waals surface area contributed by atoms with Gasteiger partial charge >= 0.3 is 5.69 Å². The SMILES string of the molecule is CCOc1ccc(Nc2ncncc2[N+](=O)[O-])cc1. The highest BCUT2D eigenvalue weighted by molar-refractivity contribution is 5.64. The molecule has 0 atom stereocenters. The van der Waals surface area contributed by atoms with Crippen LogP contribution in [0.25, 0.3) is 0 Å². The van der Waals surface area contributed by atoms with Gasteiger partial charge in [-0.2, -0.15) is 0 Å². The van der Waals surface area contributed by atoms with Crippen LogP contribution in [-0.2, 0) is 0 Å². The molecule has 0 fully saturated rings. The number of nitrogens with zero attached hydrogens (tertiary/aromatic N) is 3. The number of aromatic nitrogens is 2. The maximum atomic E-state index is 10.8. The summed E-state index contributed by atoms with van der Waals surface area (Å²) < 4.78 is 5.31. The maximum Gasteiger partial charge on any atom is 0.329 e. The van der Waals surface area contributed by atoms with Crippen LogP contribution in [0.15, 0.2) is 36.8 Å². The first kappa shape index (κ1) is 12.7. The fraction of sp³-hybridized carbons (Fsp3) is 0.167. The van der Waals surface area contributed by atoms with Gasteiger partial charge in [-0.05, 0) is 31.2 Å². The van der Waals surface area contributed by atoms with Gasteiger partial charge in [0.05, 0.1) is 11.5 Å². The minimum atomic E-state index is -0.531. The minimum absolute atomic E-state index is 0.157. The van der Waals surface area contributed by atoms with Gasteiger partial charge in [0.25, 0.3) is 0 Å². The maximum absolute atomic E-state index is 10.8. The second kappa shape index (κ2) is 5.76. The predicted octanol–water partition coefficient (Wildman–Crippen LogP) is 2.53. The summed E-state index contributed by atoms with van der Waals surface area (Å²) in [5.41, 5.74) is 0.515. The number of hydrogen-bond donors (Lipinski definition) is 1. The van der Waals surface area contributed by atoms with Gasteiger partial charge in [-0.3, -0.25) is 10.1 Å². The van der Waals surface area contributed by atoms with Gasteiger partial charge < -0.3 is 10.1 Å². The Hall–Kier alpha value is -2.70. The second-order valence-corrected chi connectivity index (χ2v) is 3.60. The fourth-order valence-corrected chi connectivity index (χ4v) is 1.49. The third-order valence-electron chi connectivity index (χ3n) is 2.32. The average Bonchev–Trinajstić information content (AvgIpc) is 2.42. The molecule has 1 heterocycles. The van der Waals surface area contributed by atoms with Crippen molar-refractivity contribution in [1.82, 2.24) is 9.97 Å². The van der Waals surface area contributed by atoms with Crippen LogP contribution >= 0.6 is 0 Å². The first-order valence-corrected chi connectivity index (χ1v) is 5.65. The lowest BCUT2D eigenvalue weighted by Gasteiger charge is -2.07. The van der Waals surface area contributed by atoms with Crippen LogP contribution < -0.4 is 10.1 Å². The van der Waals surface area contributed by atoms with Crippen LogP contribution in [0.2, 0.25) is 0 Å². The Labute approximate surface area is 109 Å². The van der Waals surface area contributed by atoms with Gasteiger partial charge in [-0.25, -0.2) is 9.97 Å². The zero-order valence-electron chi connectivity index (χ0n) is 10.2. The first-order chi connectivity index (χ1) is 9.20. The number of hydrogen-bond acceptors (Lipinski definition) is 6. The smallest absolute Gasteiger partial charge is 0.329 e. The Morgan fingerprint density at radius 2 is 2.11 bits per heavy atom. The van der Waals surface area contributed by atoms with E-state index in [-0.39, 0.29) is 11.5 Å². The van der Waals surface area contributed by atoms with Gasteiger partial charge in [0.2, 0.25) is 5.82 Å². The normalized spacial score (nSPS) is 9.95. The topological polar surface area (TPSA) is 90.2 Å². The van der Waals surface area contributed by atoms with E-state index in [1.165, 1.54) is 6.33 Å². The van der Waals surface area contributed by atoms with E-state index in [1.54, 1.807) is 24.3 Å². The number of nitro groups is 1. The summed E-state index contributed by atoms with van der Waals surface area (Å²) in [5, 5.41) is 13.7. The zero-order chi connectivity index (χ0) is 13.7. The number of benzene rings is 1. The monoisotopic (exact) mass is 260 g/mol. The van der Waals surface area contributed by atoms with Gasteiger partial charge in [-0.15, -0.1) is 0 Å². The molecule has 2 aromatic rings. The largest absolute Gasteiger partial charge is 0.494 e. The van der Waals surface area contributed by atoms with Crippen molar-refractivity contribution in [3.8, 4) is 5.75 Å². The highest BCUT2D eigenvalue weighted by Crippen LogP contribution is 2.24. The number of anilines is 2. The number of rotatable bonds is 5. The lowest BCUT2D eigenvalue weighted by Crippen LogP contribution is -2.00. The average molecular weight is 260 g/mol. The van der Waals surface area contributed by atoms with Crippen molar-refractivity contribution in [2.75, 3.05) is 11.9 Å². The van der Waals surface area contributed by atoms with Gasteiger partial charge in [-0.1, -0.05) is 0 Å². The Balaban J connectivity index is 2.19. The molecule has 1 aromatic heterocycles. The van der Waals surface area contributed by atoms with Crippen LogP contribution in [-0.4, -0.2) is 21.5 Å². The third-order valence-corrected chi connectivity index (χ3v) is 2.32. The predicted molar refractivity (Wildman–Crippen MR) is 69.6 cm³/mol. The van der Waals surface area contributed by atoms with Crippen molar-refractivity contribution < 1.29 is 9.66 Å². The van der Waals surface area contributed by atoms with E-state index >= 15 is 0 Å². The molecule has 0 aliphatic carbocycles. The van der Waals surface area contributed by atoms with E-state index in [0.29, 0.717) is 12.3 Å². The lowest BCUT2D eigenvalue weighted by molar-refractivity contribution is -0.384. The van der Waals surface area contributed by atoms with E-state index in [2.05, 4.69) is 15.3 Å². The van der Waals surface area contributed by atoms with Crippen molar-refractivity contribution in [3.05, 3.63) is 46.9 Å². The molecular formula is C12H12N4O3. The van der Waals surface area contributed by atoms with E-state index in [9.17, 15) is 10.1 Å². The number of ether oxygens (including phenoxy) is 1. The molecule has 0 unspecified atom stereocenters. The second-order valence-electron chi connectivity index (χ2n) is 3.60. The standard InChI is InChI=1S/C12H12N4O3/c1-2-19-10-5-3-9(4-6-10)15-12-11(16(17)18)7-13-8-14-12/h3-8H,2H2,1H3,(H,13,14,15). The third kappa shape index (κ3) is 3.15. The molecule has 0 amide bonds.